The Hall–Kier alpha value is -1.24. The predicted molar refractivity (Wildman–Crippen MR) is 59.5 cm³/mol. The molecule has 0 saturated carbocycles. The quantitative estimate of drug-likeness (QED) is 0.780. The lowest BCUT2D eigenvalue weighted by Gasteiger charge is -2.13. The average molecular weight is 358 g/mol. The van der Waals surface area contributed by atoms with Crippen molar-refractivity contribution < 1.29 is 22.6 Å². The molecular formula is C9H6F3IN2O2. The Kier molecular flexibility index (Phi) is 4.39. The van der Waals surface area contributed by atoms with Crippen molar-refractivity contribution in [2.75, 3.05) is 7.11 Å². The fourth-order valence-corrected chi connectivity index (χ4v) is 1.63. The second-order valence-electron chi connectivity index (χ2n) is 2.81. The number of alkyl halides is 3. The molecule has 0 unspecified atom stereocenters. The van der Waals surface area contributed by atoms with Gasteiger partial charge in [0, 0.05) is 9.64 Å². The van der Waals surface area contributed by atoms with Gasteiger partial charge in [-0.05, 0) is 22.6 Å². The Morgan fingerprint density at radius 1 is 1.53 bits per heavy atom. The molecule has 0 atom stereocenters. The molecule has 1 rings (SSSR count). The highest BCUT2D eigenvalue weighted by molar-refractivity contribution is 14.1. The summed E-state index contributed by atoms with van der Waals surface area (Å²) >= 11 is 1.78. The van der Waals surface area contributed by atoms with Crippen LogP contribution in [0.5, 0.6) is 11.6 Å². The average Bonchev–Trinajstić information content (AvgIpc) is 2.20. The summed E-state index contributed by atoms with van der Waals surface area (Å²) in [6.07, 6.45) is -4.82. The standard InChI is InChI=1S/C9H6F3IN2O2/c1-16-8-7(17-9(10,11)12)4-5(13)6(15-8)2-3-14/h4H,2H2,1H3. The lowest BCUT2D eigenvalue weighted by molar-refractivity contribution is -0.275. The summed E-state index contributed by atoms with van der Waals surface area (Å²) in [6, 6.07) is 2.99. The van der Waals surface area contributed by atoms with Gasteiger partial charge >= 0.3 is 6.36 Å². The highest BCUT2D eigenvalue weighted by Gasteiger charge is 2.33. The summed E-state index contributed by atoms with van der Waals surface area (Å²) in [7, 11) is 1.18. The molecule has 17 heavy (non-hydrogen) atoms. The van der Waals surface area contributed by atoms with Gasteiger partial charge < -0.3 is 9.47 Å². The number of aromatic nitrogens is 1. The van der Waals surface area contributed by atoms with Crippen molar-refractivity contribution in [3.63, 3.8) is 0 Å². The van der Waals surface area contributed by atoms with Crippen molar-refractivity contribution in [2.45, 2.75) is 12.8 Å². The third kappa shape index (κ3) is 3.92. The van der Waals surface area contributed by atoms with Gasteiger partial charge in [0.2, 0.25) is 0 Å². The van der Waals surface area contributed by atoms with E-state index in [1.54, 1.807) is 22.6 Å². The minimum Gasteiger partial charge on any atom is -0.478 e. The number of pyridine rings is 1. The van der Waals surface area contributed by atoms with E-state index in [0.717, 1.165) is 6.07 Å². The fraction of sp³-hybridized carbons (Fsp3) is 0.333. The number of halogens is 4. The van der Waals surface area contributed by atoms with Crippen molar-refractivity contribution >= 4 is 22.6 Å². The van der Waals surface area contributed by atoms with Gasteiger partial charge in [-0.15, -0.1) is 13.2 Å². The largest absolute Gasteiger partial charge is 0.573 e. The van der Waals surface area contributed by atoms with E-state index in [1.165, 1.54) is 7.11 Å². The van der Waals surface area contributed by atoms with Crippen LogP contribution in [0.1, 0.15) is 5.69 Å². The first-order chi connectivity index (χ1) is 7.87. The SMILES string of the molecule is COc1nc(CC#N)c(I)cc1OC(F)(F)F. The van der Waals surface area contributed by atoms with Crippen LogP contribution < -0.4 is 9.47 Å². The molecule has 8 heteroatoms. The summed E-state index contributed by atoms with van der Waals surface area (Å²) in [5, 5.41) is 8.52. The van der Waals surface area contributed by atoms with Crippen LogP contribution in [-0.4, -0.2) is 18.5 Å². The maximum absolute atomic E-state index is 12.1. The molecule has 0 aliphatic rings. The van der Waals surface area contributed by atoms with Crippen LogP contribution >= 0.6 is 22.6 Å². The normalized spacial score (nSPS) is 10.8. The lowest BCUT2D eigenvalue weighted by atomic mass is 10.3. The molecule has 0 amide bonds. The van der Waals surface area contributed by atoms with Gasteiger partial charge in [0.15, 0.2) is 5.75 Å². The third-order valence-electron chi connectivity index (χ3n) is 1.65. The minimum absolute atomic E-state index is 0.0130. The maximum atomic E-state index is 12.1. The zero-order valence-electron chi connectivity index (χ0n) is 8.51. The van der Waals surface area contributed by atoms with Crippen molar-refractivity contribution in [3.8, 4) is 17.7 Å². The maximum Gasteiger partial charge on any atom is 0.573 e. The number of hydrogen-bond donors (Lipinski definition) is 0. The molecule has 0 aliphatic carbocycles. The Bertz CT molecular complexity index is 457. The first-order valence-corrected chi connectivity index (χ1v) is 5.31. The molecule has 0 saturated heterocycles. The van der Waals surface area contributed by atoms with Crippen LogP contribution in [0.3, 0.4) is 0 Å². The van der Waals surface area contributed by atoms with E-state index < -0.39 is 12.1 Å². The molecule has 0 N–H and O–H groups in total. The second kappa shape index (κ2) is 5.39. The van der Waals surface area contributed by atoms with Crippen molar-refractivity contribution in [1.29, 1.82) is 5.26 Å². The van der Waals surface area contributed by atoms with E-state index in [1.807, 2.05) is 6.07 Å². The molecular weight excluding hydrogens is 352 g/mol. The molecule has 1 aromatic heterocycles. The number of nitrogens with zero attached hydrogens (tertiary/aromatic N) is 2. The van der Waals surface area contributed by atoms with Crippen LogP contribution in [-0.2, 0) is 6.42 Å². The number of nitriles is 1. The van der Waals surface area contributed by atoms with E-state index in [9.17, 15) is 13.2 Å². The highest BCUT2D eigenvalue weighted by Crippen LogP contribution is 2.32. The summed E-state index contributed by atoms with van der Waals surface area (Å²) in [4.78, 5) is 3.79. The van der Waals surface area contributed by atoms with E-state index in [4.69, 9.17) is 5.26 Å². The molecule has 1 aromatic rings. The first-order valence-electron chi connectivity index (χ1n) is 4.23. The van der Waals surface area contributed by atoms with Crippen LogP contribution in [0.25, 0.3) is 0 Å². The number of methoxy groups -OCH3 is 1. The Morgan fingerprint density at radius 2 is 2.18 bits per heavy atom. The van der Waals surface area contributed by atoms with E-state index in [0.29, 0.717) is 9.26 Å². The van der Waals surface area contributed by atoms with Crippen LogP contribution in [0.2, 0.25) is 0 Å². The molecule has 1 heterocycles. The Balaban J connectivity index is 3.15. The molecule has 0 bridgehead atoms. The number of hydrogen-bond acceptors (Lipinski definition) is 4. The summed E-state index contributed by atoms with van der Waals surface area (Å²) in [5.41, 5.74) is 0.347. The van der Waals surface area contributed by atoms with Crippen LogP contribution in [0.15, 0.2) is 6.07 Å². The van der Waals surface area contributed by atoms with Crippen molar-refractivity contribution in [1.82, 2.24) is 4.98 Å². The van der Waals surface area contributed by atoms with Gasteiger partial charge in [0.1, 0.15) is 0 Å². The summed E-state index contributed by atoms with van der Waals surface area (Å²) in [5.74, 6) is -0.820. The Labute approximate surface area is 108 Å². The molecule has 4 nitrogen and oxygen atoms in total. The first kappa shape index (κ1) is 13.8. The van der Waals surface area contributed by atoms with Gasteiger partial charge in [-0.2, -0.15) is 5.26 Å². The predicted octanol–water partition coefficient (Wildman–Crippen LogP) is 2.66. The lowest BCUT2D eigenvalue weighted by Crippen LogP contribution is -2.18. The van der Waals surface area contributed by atoms with Crippen molar-refractivity contribution in [3.05, 3.63) is 15.3 Å². The molecule has 0 radical (unpaired) electrons. The zero-order valence-corrected chi connectivity index (χ0v) is 10.7. The third-order valence-corrected chi connectivity index (χ3v) is 2.58. The molecule has 0 fully saturated rings. The van der Waals surface area contributed by atoms with Crippen molar-refractivity contribution in [2.24, 2.45) is 0 Å². The molecule has 0 aromatic carbocycles. The monoisotopic (exact) mass is 358 g/mol. The van der Waals surface area contributed by atoms with Gasteiger partial charge in [-0.25, -0.2) is 4.98 Å². The summed E-state index contributed by atoms with van der Waals surface area (Å²) < 4.78 is 45.1. The number of rotatable bonds is 3. The Morgan fingerprint density at radius 3 is 2.65 bits per heavy atom. The molecule has 0 spiro atoms. The van der Waals surface area contributed by atoms with E-state index >= 15 is 0 Å². The van der Waals surface area contributed by atoms with Crippen LogP contribution in [0, 0.1) is 14.9 Å². The fourth-order valence-electron chi connectivity index (χ4n) is 1.03. The van der Waals surface area contributed by atoms with E-state index in [-0.39, 0.29) is 12.3 Å². The zero-order chi connectivity index (χ0) is 13.1. The van der Waals surface area contributed by atoms with Gasteiger partial charge in [0.25, 0.3) is 5.88 Å². The second-order valence-corrected chi connectivity index (χ2v) is 3.97. The van der Waals surface area contributed by atoms with Gasteiger partial charge in [-0.3, -0.25) is 0 Å². The topological polar surface area (TPSA) is 55.1 Å². The van der Waals surface area contributed by atoms with E-state index in [2.05, 4.69) is 14.5 Å². The number of ether oxygens (including phenoxy) is 2. The summed E-state index contributed by atoms with van der Waals surface area (Å²) in [6.45, 7) is 0. The van der Waals surface area contributed by atoms with Crippen LogP contribution in [0.4, 0.5) is 13.2 Å². The van der Waals surface area contributed by atoms with Gasteiger partial charge in [-0.1, -0.05) is 0 Å². The molecule has 0 aliphatic heterocycles. The van der Waals surface area contributed by atoms with Gasteiger partial charge in [0.05, 0.1) is 25.3 Å². The smallest absolute Gasteiger partial charge is 0.478 e. The minimum atomic E-state index is -4.81. The molecule has 92 valence electrons. The highest BCUT2D eigenvalue weighted by atomic mass is 127.